The molecule has 33 heavy (non-hydrogen) atoms. The van der Waals surface area contributed by atoms with Crippen molar-refractivity contribution < 1.29 is 19.0 Å². The predicted octanol–water partition coefficient (Wildman–Crippen LogP) is 2.61. The van der Waals surface area contributed by atoms with Gasteiger partial charge in [0.25, 0.3) is 0 Å². The molecule has 0 aliphatic carbocycles. The van der Waals surface area contributed by atoms with Crippen LogP contribution in [0, 0.1) is 5.92 Å². The highest BCUT2D eigenvalue weighted by Gasteiger charge is 2.27. The lowest BCUT2D eigenvalue weighted by Gasteiger charge is -2.24. The summed E-state index contributed by atoms with van der Waals surface area (Å²) < 4.78 is 18.3. The van der Waals surface area contributed by atoms with Crippen molar-refractivity contribution in [3.63, 3.8) is 0 Å². The summed E-state index contributed by atoms with van der Waals surface area (Å²) in [6.07, 6.45) is 2.31. The van der Waals surface area contributed by atoms with Crippen LogP contribution < -0.4 is 14.8 Å². The van der Waals surface area contributed by atoms with Crippen molar-refractivity contribution >= 4 is 17.5 Å². The summed E-state index contributed by atoms with van der Waals surface area (Å²) in [6.45, 7) is 6.37. The molecule has 2 aliphatic rings. The average molecular weight is 478 g/mol. The summed E-state index contributed by atoms with van der Waals surface area (Å²) in [5.74, 6) is 3.00. The fourth-order valence-electron chi connectivity index (χ4n) is 4.52. The predicted molar refractivity (Wildman–Crippen MR) is 124 cm³/mol. The fourth-order valence-corrected chi connectivity index (χ4v) is 4.81. The van der Waals surface area contributed by atoms with Crippen LogP contribution in [-0.4, -0.2) is 66.1 Å². The number of amides is 1. The van der Waals surface area contributed by atoms with E-state index >= 15 is 0 Å². The summed E-state index contributed by atoms with van der Waals surface area (Å²) >= 11 is 6.59. The van der Waals surface area contributed by atoms with Gasteiger partial charge in [-0.15, -0.1) is 10.2 Å². The number of carbonyl (C=O) groups excluding carboxylic acids is 1. The van der Waals surface area contributed by atoms with E-state index in [2.05, 4.69) is 25.0 Å². The molecule has 4 rings (SSSR count). The van der Waals surface area contributed by atoms with Crippen molar-refractivity contribution in [1.29, 1.82) is 0 Å². The Bertz CT molecular complexity index is 976. The maximum atomic E-state index is 12.7. The Hall–Kier alpha value is -2.36. The second-order valence-corrected chi connectivity index (χ2v) is 8.92. The Kier molecular flexibility index (Phi) is 7.72. The van der Waals surface area contributed by atoms with Gasteiger partial charge in [0, 0.05) is 51.7 Å². The lowest BCUT2D eigenvalue weighted by atomic mass is 9.99. The molecular weight excluding hydrogens is 446 g/mol. The molecule has 180 valence electrons. The smallest absolute Gasteiger partial charge is 0.223 e. The van der Waals surface area contributed by atoms with Gasteiger partial charge in [0.05, 0.1) is 25.3 Å². The van der Waals surface area contributed by atoms with Gasteiger partial charge in [0.1, 0.15) is 5.82 Å². The topological polar surface area (TPSA) is 90.7 Å². The number of nitrogens with one attached hydrogen (secondary N) is 1. The number of benzene rings is 1. The zero-order chi connectivity index (χ0) is 23.4. The number of nitrogens with zero attached hydrogens (tertiary/aromatic N) is 4. The number of halogens is 1. The van der Waals surface area contributed by atoms with E-state index in [4.69, 9.17) is 25.8 Å². The van der Waals surface area contributed by atoms with Crippen LogP contribution in [0.3, 0.4) is 0 Å². The van der Waals surface area contributed by atoms with E-state index in [1.807, 2.05) is 19.1 Å². The normalized spacial score (nSPS) is 18.3. The minimum atomic E-state index is -0.201. The van der Waals surface area contributed by atoms with E-state index < -0.39 is 0 Å². The van der Waals surface area contributed by atoms with Gasteiger partial charge in [-0.05, 0) is 31.4 Å². The van der Waals surface area contributed by atoms with E-state index in [1.54, 1.807) is 14.2 Å². The molecule has 2 aliphatic heterocycles. The maximum absolute atomic E-state index is 12.7. The van der Waals surface area contributed by atoms with Gasteiger partial charge in [-0.3, -0.25) is 9.69 Å². The molecule has 2 aromatic rings. The molecule has 1 saturated heterocycles. The van der Waals surface area contributed by atoms with Crippen LogP contribution in [0.2, 0.25) is 5.02 Å². The monoisotopic (exact) mass is 477 g/mol. The fraction of sp³-hybridized carbons (Fsp3) is 0.609. The van der Waals surface area contributed by atoms with Crippen LogP contribution in [0.1, 0.15) is 43.0 Å². The number of fused-ring (bicyclic) bond motifs is 1. The zero-order valence-electron chi connectivity index (χ0n) is 19.5. The van der Waals surface area contributed by atoms with Gasteiger partial charge in [0.15, 0.2) is 17.3 Å². The van der Waals surface area contributed by atoms with Gasteiger partial charge in [0.2, 0.25) is 5.91 Å². The number of carbonyl (C=O) groups is 1. The molecule has 10 heteroatoms. The third-order valence-electron chi connectivity index (χ3n) is 6.44. The summed E-state index contributed by atoms with van der Waals surface area (Å²) in [6, 6.07) is 3.66. The van der Waals surface area contributed by atoms with Gasteiger partial charge < -0.3 is 24.1 Å². The number of methoxy groups -OCH3 is 2. The molecule has 1 aromatic heterocycles. The second kappa shape index (κ2) is 10.7. The first kappa shape index (κ1) is 23.8. The molecular formula is C23H32ClN5O4. The maximum Gasteiger partial charge on any atom is 0.223 e. The number of aromatic nitrogens is 3. The van der Waals surface area contributed by atoms with Crippen LogP contribution in [0.4, 0.5) is 0 Å². The average Bonchev–Trinajstić information content (AvgIpc) is 3.14. The number of rotatable bonds is 7. The van der Waals surface area contributed by atoms with Gasteiger partial charge >= 0.3 is 0 Å². The minimum Gasteiger partial charge on any atom is -0.493 e. The first-order valence-corrected chi connectivity index (χ1v) is 11.8. The molecule has 0 spiro atoms. The molecule has 1 fully saturated rings. The number of hydrogen-bond donors (Lipinski definition) is 1. The Morgan fingerprint density at radius 3 is 2.73 bits per heavy atom. The zero-order valence-corrected chi connectivity index (χ0v) is 20.2. The van der Waals surface area contributed by atoms with Crippen molar-refractivity contribution in [2.45, 2.75) is 45.3 Å². The molecule has 0 saturated carbocycles. The van der Waals surface area contributed by atoms with Crippen LogP contribution in [-0.2, 0) is 29.0 Å². The highest BCUT2D eigenvalue weighted by molar-refractivity contribution is 6.33. The standard InChI is InChI=1S/C23H32ClN5O4/c1-15(25-23(30)16-7-12-33-13-8-16)22-27-26-19-6-9-28(10-11-29(19)22)14-17-4-5-18(31-2)21(32-3)20(17)24/h4-5,15-16H,6-14H2,1-3H3,(H,25,30)/t15-/m0/s1. The van der Waals surface area contributed by atoms with Crippen molar-refractivity contribution in [3.8, 4) is 11.5 Å². The first-order chi connectivity index (χ1) is 16.0. The van der Waals surface area contributed by atoms with E-state index in [-0.39, 0.29) is 17.9 Å². The lowest BCUT2D eigenvalue weighted by Crippen LogP contribution is -2.36. The van der Waals surface area contributed by atoms with Crippen LogP contribution >= 0.6 is 11.6 Å². The highest BCUT2D eigenvalue weighted by Crippen LogP contribution is 2.37. The molecule has 1 atom stereocenters. The van der Waals surface area contributed by atoms with Gasteiger partial charge in [-0.2, -0.15) is 0 Å². The summed E-state index contributed by atoms with van der Waals surface area (Å²) in [7, 11) is 3.19. The van der Waals surface area contributed by atoms with Crippen LogP contribution in [0.25, 0.3) is 0 Å². The third-order valence-corrected chi connectivity index (χ3v) is 6.86. The van der Waals surface area contributed by atoms with Crippen LogP contribution in [0.5, 0.6) is 11.5 Å². The molecule has 0 radical (unpaired) electrons. The van der Waals surface area contributed by atoms with Crippen molar-refractivity contribution in [3.05, 3.63) is 34.4 Å². The SMILES string of the molecule is COc1ccc(CN2CCc3nnc([C@H](C)NC(=O)C4CCOCC4)n3CC2)c(Cl)c1OC. The van der Waals surface area contributed by atoms with Crippen molar-refractivity contribution in [2.75, 3.05) is 40.5 Å². The number of hydrogen-bond acceptors (Lipinski definition) is 7. The van der Waals surface area contributed by atoms with Gasteiger partial charge in [-0.25, -0.2) is 0 Å². The molecule has 1 N–H and O–H groups in total. The summed E-state index contributed by atoms with van der Waals surface area (Å²) in [4.78, 5) is 15.0. The van der Waals surface area contributed by atoms with Gasteiger partial charge in [-0.1, -0.05) is 17.7 Å². The van der Waals surface area contributed by atoms with Crippen molar-refractivity contribution in [2.24, 2.45) is 5.92 Å². The Labute approximate surface area is 199 Å². The lowest BCUT2D eigenvalue weighted by molar-refractivity contribution is -0.128. The minimum absolute atomic E-state index is 0.00875. The van der Waals surface area contributed by atoms with Crippen molar-refractivity contribution in [1.82, 2.24) is 25.0 Å². The third kappa shape index (κ3) is 5.26. The molecule has 3 heterocycles. The van der Waals surface area contributed by atoms with E-state index in [1.165, 1.54) is 0 Å². The molecule has 0 unspecified atom stereocenters. The number of ether oxygens (including phenoxy) is 3. The molecule has 0 bridgehead atoms. The van der Waals surface area contributed by atoms with E-state index in [0.29, 0.717) is 36.3 Å². The molecule has 1 aromatic carbocycles. The quantitative estimate of drug-likeness (QED) is 0.655. The summed E-state index contributed by atoms with van der Waals surface area (Å²) in [5, 5.41) is 12.5. The van der Waals surface area contributed by atoms with E-state index in [0.717, 1.165) is 56.1 Å². The summed E-state index contributed by atoms with van der Waals surface area (Å²) in [5.41, 5.74) is 0.990. The molecule has 9 nitrogen and oxygen atoms in total. The Morgan fingerprint density at radius 2 is 2.00 bits per heavy atom. The largest absolute Gasteiger partial charge is 0.493 e. The highest BCUT2D eigenvalue weighted by atomic mass is 35.5. The second-order valence-electron chi connectivity index (χ2n) is 8.54. The van der Waals surface area contributed by atoms with E-state index in [9.17, 15) is 4.79 Å². The Balaban J connectivity index is 1.41. The first-order valence-electron chi connectivity index (χ1n) is 11.4. The Morgan fingerprint density at radius 1 is 1.21 bits per heavy atom. The van der Waals surface area contributed by atoms with Crippen LogP contribution in [0.15, 0.2) is 12.1 Å². The molecule has 1 amide bonds.